The second kappa shape index (κ2) is 8.64. The Balaban J connectivity index is 1.81. The third kappa shape index (κ3) is 5.14. The molecule has 0 radical (unpaired) electrons. The molecule has 0 bridgehead atoms. The van der Waals surface area contributed by atoms with Gasteiger partial charge in [-0.1, -0.05) is 13.3 Å². The van der Waals surface area contributed by atoms with Gasteiger partial charge in [0.15, 0.2) is 0 Å². The number of alkyl halides is 3. The Bertz CT molecular complexity index is 887. The highest BCUT2D eigenvalue weighted by Crippen LogP contribution is 2.34. The summed E-state index contributed by atoms with van der Waals surface area (Å²) in [7, 11) is 0. The molecule has 10 heteroatoms. The lowest BCUT2D eigenvalue weighted by Crippen LogP contribution is -2.21. The first-order valence-electron chi connectivity index (χ1n) is 9.38. The molecule has 2 aromatic rings. The van der Waals surface area contributed by atoms with Crippen molar-refractivity contribution < 1.29 is 18.0 Å². The highest BCUT2D eigenvalue weighted by Gasteiger charge is 2.35. The SMILES string of the molecule is CCC(CCN)CNc1nc(Nc2ccc3c(c2)CC(=O)N3)ncc1C(F)(F)F. The van der Waals surface area contributed by atoms with Crippen molar-refractivity contribution in [3.63, 3.8) is 0 Å². The zero-order valence-electron chi connectivity index (χ0n) is 15.9. The van der Waals surface area contributed by atoms with Crippen LogP contribution in [-0.4, -0.2) is 29.0 Å². The summed E-state index contributed by atoms with van der Waals surface area (Å²) in [6, 6.07) is 5.17. The largest absolute Gasteiger partial charge is 0.421 e. The molecule has 2 heterocycles. The molecule has 0 saturated heterocycles. The average molecular weight is 408 g/mol. The number of fused-ring (bicyclic) bond motifs is 1. The number of amides is 1. The van der Waals surface area contributed by atoms with Crippen molar-refractivity contribution in [1.29, 1.82) is 0 Å². The molecule has 5 N–H and O–H groups in total. The number of carbonyl (C=O) groups is 1. The molecular weight excluding hydrogens is 385 g/mol. The van der Waals surface area contributed by atoms with Crippen LogP contribution >= 0.6 is 0 Å². The van der Waals surface area contributed by atoms with Gasteiger partial charge < -0.3 is 21.7 Å². The van der Waals surface area contributed by atoms with Crippen LogP contribution in [0.15, 0.2) is 24.4 Å². The van der Waals surface area contributed by atoms with Crippen LogP contribution in [-0.2, 0) is 17.4 Å². The van der Waals surface area contributed by atoms with Gasteiger partial charge in [0.05, 0.1) is 6.42 Å². The standard InChI is InChI=1S/C19H23F3N6O/c1-2-11(5-6-23)9-24-17-14(19(20,21)22)10-25-18(28-17)26-13-3-4-15-12(7-13)8-16(29)27-15/h3-4,7,10-11H,2,5-6,8-9,23H2,1H3,(H,27,29)(H2,24,25,26,28). The number of nitrogens with zero attached hydrogens (tertiary/aromatic N) is 2. The van der Waals surface area contributed by atoms with E-state index in [1.165, 1.54) is 0 Å². The molecule has 1 aliphatic heterocycles. The number of hydrogen-bond acceptors (Lipinski definition) is 6. The molecule has 29 heavy (non-hydrogen) atoms. The number of benzene rings is 1. The van der Waals surface area contributed by atoms with E-state index in [1.807, 2.05) is 6.92 Å². The molecule has 1 unspecified atom stereocenters. The molecule has 3 rings (SSSR count). The molecule has 0 saturated carbocycles. The van der Waals surface area contributed by atoms with E-state index in [-0.39, 0.29) is 30.0 Å². The number of rotatable bonds is 8. The predicted octanol–water partition coefficient (Wildman–Crippen LogP) is 3.52. The summed E-state index contributed by atoms with van der Waals surface area (Å²) in [5.74, 6) is -0.195. The highest BCUT2D eigenvalue weighted by atomic mass is 19.4. The minimum atomic E-state index is -4.57. The molecule has 7 nitrogen and oxygen atoms in total. The van der Waals surface area contributed by atoms with Crippen LogP contribution in [0.5, 0.6) is 0 Å². The maximum Gasteiger partial charge on any atom is 0.421 e. The first kappa shape index (κ1) is 20.8. The van der Waals surface area contributed by atoms with Crippen molar-refractivity contribution in [3.05, 3.63) is 35.5 Å². The second-order valence-electron chi connectivity index (χ2n) is 6.91. The van der Waals surface area contributed by atoms with Crippen molar-refractivity contribution in [2.45, 2.75) is 32.4 Å². The number of aromatic nitrogens is 2. The molecule has 1 aliphatic rings. The van der Waals surface area contributed by atoms with Crippen LogP contribution < -0.4 is 21.7 Å². The van der Waals surface area contributed by atoms with E-state index in [9.17, 15) is 18.0 Å². The summed E-state index contributed by atoms with van der Waals surface area (Å²) in [5.41, 5.74) is 6.75. The third-order valence-corrected chi connectivity index (χ3v) is 4.79. The average Bonchev–Trinajstić information content (AvgIpc) is 3.03. The number of halogens is 3. The van der Waals surface area contributed by atoms with E-state index < -0.39 is 11.7 Å². The van der Waals surface area contributed by atoms with Crippen LogP contribution in [0.25, 0.3) is 0 Å². The zero-order chi connectivity index (χ0) is 21.0. The van der Waals surface area contributed by atoms with Gasteiger partial charge in [-0.25, -0.2) is 4.98 Å². The Morgan fingerprint density at radius 3 is 2.83 bits per heavy atom. The fourth-order valence-corrected chi connectivity index (χ4v) is 3.15. The molecule has 1 atom stereocenters. The molecule has 156 valence electrons. The lowest BCUT2D eigenvalue weighted by atomic mass is 10.0. The van der Waals surface area contributed by atoms with Gasteiger partial charge in [0.1, 0.15) is 11.4 Å². The molecule has 0 spiro atoms. The minimum absolute atomic E-state index is 0.0320. The van der Waals surface area contributed by atoms with Crippen LogP contribution in [0, 0.1) is 5.92 Å². The summed E-state index contributed by atoms with van der Waals surface area (Å²) in [6.07, 6.45) is -2.05. The fourth-order valence-electron chi connectivity index (χ4n) is 3.15. The van der Waals surface area contributed by atoms with Gasteiger partial charge in [-0.05, 0) is 42.6 Å². The van der Waals surface area contributed by atoms with Gasteiger partial charge >= 0.3 is 6.18 Å². The van der Waals surface area contributed by atoms with Crippen LogP contribution in [0.3, 0.4) is 0 Å². The van der Waals surface area contributed by atoms with Crippen molar-refractivity contribution >= 4 is 29.0 Å². The lowest BCUT2D eigenvalue weighted by Gasteiger charge is -2.18. The Hall–Kier alpha value is -2.88. The summed E-state index contributed by atoms with van der Waals surface area (Å²) in [4.78, 5) is 19.3. The van der Waals surface area contributed by atoms with Gasteiger partial charge in [0.2, 0.25) is 11.9 Å². The Labute approximate surface area is 166 Å². The normalized spacial score (nSPS) is 14.3. The first-order chi connectivity index (χ1) is 13.8. The second-order valence-corrected chi connectivity index (χ2v) is 6.91. The van der Waals surface area contributed by atoms with Crippen molar-refractivity contribution in [1.82, 2.24) is 9.97 Å². The quantitative estimate of drug-likeness (QED) is 0.533. The summed E-state index contributed by atoms with van der Waals surface area (Å²) in [6.45, 7) is 2.77. The Morgan fingerprint density at radius 1 is 1.34 bits per heavy atom. The fraction of sp³-hybridized carbons (Fsp3) is 0.421. The number of carbonyl (C=O) groups excluding carboxylic acids is 1. The molecule has 1 aromatic carbocycles. The van der Waals surface area contributed by atoms with Gasteiger partial charge in [-0.2, -0.15) is 18.2 Å². The van der Waals surface area contributed by atoms with Crippen LogP contribution in [0.4, 0.5) is 36.3 Å². The molecular formula is C19H23F3N6O. The number of nitrogens with one attached hydrogen (secondary N) is 3. The summed E-state index contributed by atoms with van der Waals surface area (Å²) >= 11 is 0. The number of nitrogens with two attached hydrogens (primary N) is 1. The third-order valence-electron chi connectivity index (χ3n) is 4.79. The van der Waals surface area contributed by atoms with Crippen molar-refractivity contribution in [3.8, 4) is 0 Å². The minimum Gasteiger partial charge on any atom is -0.369 e. The smallest absolute Gasteiger partial charge is 0.369 e. The number of hydrogen-bond donors (Lipinski definition) is 4. The topological polar surface area (TPSA) is 105 Å². The van der Waals surface area contributed by atoms with Gasteiger partial charge in [-0.3, -0.25) is 4.79 Å². The first-order valence-corrected chi connectivity index (χ1v) is 9.38. The number of anilines is 4. The molecule has 0 fully saturated rings. The van der Waals surface area contributed by atoms with Gasteiger partial charge in [-0.15, -0.1) is 0 Å². The van der Waals surface area contributed by atoms with E-state index in [0.717, 1.165) is 23.9 Å². The van der Waals surface area contributed by atoms with E-state index in [4.69, 9.17) is 5.73 Å². The highest BCUT2D eigenvalue weighted by molar-refractivity contribution is 5.99. The Morgan fingerprint density at radius 2 is 2.14 bits per heavy atom. The molecule has 1 amide bonds. The van der Waals surface area contributed by atoms with E-state index in [2.05, 4.69) is 25.9 Å². The summed E-state index contributed by atoms with van der Waals surface area (Å²) < 4.78 is 40.0. The maximum atomic E-state index is 13.3. The van der Waals surface area contributed by atoms with Gasteiger partial charge in [0, 0.05) is 24.1 Å². The van der Waals surface area contributed by atoms with Gasteiger partial charge in [0.25, 0.3) is 0 Å². The van der Waals surface area contributed by atoms with E-state index in [0.29, 0.717) is 25.2 Å². The van der Waals surface area contributed by atoms with E-state index >= 15 is 0 Å². The predicted molar refractivity (Wildman–Crippen MR) is 105 cm³/mol. The Kier molecular flexibility index (Phi) is 6.21. The maximum absolute atomic E-state index is 13.3. The van der Waals surface area contributed by atoms with Crippen molar-refractivity contribution in [2.24, 2.45) is 11.7 Å². The van der Waals surface area contributed by atoms with Crippen LogP contribution in [0.1, 0.15) is 30.9 Å². The van der Waals surface area contributed by atoms with Crippen LogP contribution in [0.2, 0.25) is 0 Å². The monoisotopic (exact) mass is 408 g/mol. The lowest BCUT2D eigenvalue weighted by molar-refractivity contribution is -0.137. The zero-order valence-corrected chi connectivity index (χ0v) is 15.9. The molecule has 1 aromatic heterocycles. The van der Waals surface area contributed by atoms with E-state index in [1.54, 1.807) is 18.2 Å². The summed E-state index contributed by atoms with van der Waals surface area (Å²) in [5, 5.41) is 8.44. The molecule has 0 aliphatic carbocycles. The van der Waals surface area contributed by atoms with Crippen molar-refractivity contribution in [2.75, 3.05) is 29.0 Å².